The van der Waals surface area contributed by atoms with Crippen molar-refractivity contribution in [3.05, 3.63) is 11.8 Å². The number of amides is 1. The molecule has 3 heteroatoms. The highest BCUT2D eigenvalue weighted by Gasteiger charge is 2.08. The van der Waals surface area contributed by atoms with Crippen molar-refractivity contribution in [3.8, 4) is 0 Å². The van der Waals surface area contributed by atoms with Gasteiger partial charge in [0.15, 0.2) is 0 Å². The molecule has 0 aromatic carbocycles. The molecule has 0 fully saturated rings. The largest absolute Gasteiger partial charge is 0.415 e. The number of ether oxygens (including phenoxy) is 1. The fourth-order valence-corrected chi connectivity index (χ4v) is 1.28. The molecule has 0 unspecified atom stereocenters. The Kier molecular flexibility index (Phi) is 6.06. The molecule has 88 valence electrons. The maximum absolute atomic E-state index is 10.5. The lowest BCUT2D eigenvalue weighted by Gasteiger charge is -2.16. The summed E-state index contributed by atoms with van der Waals surface area (Å²) >= 11 is 0. The van der Waals surface area contributed by atoms with Gasteiger partial charge in [-0.05, 0) is 30.8 Å². The smallest absolute Gasteiger partial charge is 0.409 e. The Bertz CT molecular complexity index is 226. The minimum absolute atomic E-state index is 0.366. The minimum Gasteiger partial charge on any atom is -0.415 e. The van der Waals surface area contributed by atoms with E-state index in [1.165, 1.54) is 0 Å². The van der Waals surface area contributed by atoms with Crippen molar-refractivity contribution in [1.29, 1.82) is 0 Å². The summed E-state index contributed by atoms with van der Waals surface area (Å²) in [6.07, 6.45) is 5.15. The van der Waals surface area contributed by atoms with Gasteiger partial charge in [0.05, 0.1) is 0 Å². The summed E-state index contributed by atoms with van der Waals surface area (Å²) in [5.74, 6) is 0.677. The first kappa shape index (κ1) is 14.0. The van der Waals surface area contributed by atoms with Gasteiger partial charge in [-0.1, -0.05) is 27.7 Å². The molecular weight excluding hydrogens is 190 g/mol. The molecule has 0 radical (unpaired) electrons. The number of nitrogens with two attached hydrogens (primary N) is 1. The topological polar surface area (TPSA) is 52.3 Å². The average Bonchev–Trinajstić information content (AvgIpc) is 2.08. The molecule has 0 aliphatic rings. The molecule has 0 heterocycles. The first-order valence-electron chi connectivity index (χ1n) is 5.51. The van der Waals surface area contributed by atoms with Gasteiger partial charge in [-0.2, -0.15) is 0 Å². The van der Waals surface area contributed by atoms with Gasteiger partial charge in [0.25, 0.3) is 0 Å². The van der Waals surface area contributed by atoms with Crippen LogP contribution in [0.25, 0.3) is 0 Å². The molecular formula is C12H23NO2. The van der Waals surface area contributed by atoms with Gasteiger partial charge in [-0.15, -0.1) is 0 Å². The zero-order valence-electron chi connectivity index (χ0n) is 10.3. The number of primary amides is 1. The van der Waals surface area contributed by atoms with E-state index in [0.717, 1.165) is 19.3 Å². The summed E-state index contributed by atoms with van der Waals surface area (Å²) < 4.78 is 4.83. The summed E-state index contributed by atoms with van der Waals surface area (Å²) in [5.41, 5.74) is 5.31. The Morgan fingerprint density at radius 2 is 2.00 bits per heavy atom. The quantitative estimate of drug-likeness (QED) is 0.560. The monoisotopic (exact) mass is 213 g/mol. The molecule has 0 aliphatic heterocycles. The van der Waals surface area contributed by atoms with Crippen molar-refractivity contribution in [3.63, 3.8) is 0 Å². The van der Waals surface area contributed by atoms with Crippen LogP contribution in [0.15, 0.2) is 11.8 Å². The fourth-order valence-electron chi connectivity index (χ4n) is 1.28. The summed E-state index contributed by atoms with van der Waals surface area (Å²) in [6.45, 7) is 8.60. The van der Waals surface area contributed by atoms with Crippen LogP contribution in [0.3, 0.4) is 0 Å². The highest BCUT2D eigenvalue weighted by Crippen LogP contribution is 2.22. The highest BCUT2D eigenvalue weighted by atomic mass is 16.5. The second-order valence-corrected chi connectivity index (χ2v) is 4.90. The predicted molar refractivity (Wildman–Crippen MR) is 62.3 cm³/mol. The van der Waals surface area contributed by atoms with Gasteiger partial charge >= 0.3 is 6.09 Å². The normalized spacial score (nSPS) is 12.7. The molecule has 0 aromatic rings. The molecule has 2 N–H and O–H groups in total. The average molecular weight is 213 g/mol. The van der Waals surface area contributed by atoms with Crippen molar-refractivity contribution in [2.75, 3.05) is 0 Å². The van der Waals surface area contributed by atoms with Crippen LogP contribution in [-0.2, 0) is 4.74 Å². The van der Waals surface area contributed by atoms with E-state index < -0.39 is 6.09 Å². The molecule has 0 saturated heterocycles. The van der Waals surface area contributed by atoms with Crippen LogP contribution in [0.2, 0.25) is 0 Å². The van der Waals surface area contributed by atoms with E-state index in [9.17, 15) is 4.79 Å². The first-order valence-corrected chi connectivity index (χ1v) is 5.51. The molecule has 0 bridgehead atoms. The van der Waals surface area contributed by atoms with E-state index >= 15 is 0 Å². The van der Waals surface area contributed by atoms with E-state index in [-0.39, 0.29) is 0 Å². The van der Waals surface area contributed by atoms with Gasteiger partial charge in [-0.25, -0.2) is 4.79 Å². The highest BCUT2D eigenvalue weighted by molar-refractivity contribution is 5.65. The van der Waals surface area contributed by atoms with Crippen LogP contribution in [0.1, 0.15) is 53.4 Å². The SMILES string of the molecule is CCC(=CCCCC(C)(C)C)OC(N)=O. The minimum atomic E-state index is -0.723. The van der Waals surface area contributed by atoms with Gasteiger partial charge in [0, 0.05) is 6.42 Å². The Balaban J connectivity index is 3.86. The number of carbonyl (C=O) groups is 1. The third-order valence-electron chi connectivity index (χ3n) is 2.08. The van der Waals surface area contributed by atoms with Crippen molar-refractivity contribution < 1.29 is 9.53 Å². The van der Waals surface area contributed by atoms with Crippen LogP contribution in [0.4, 0.5) is 4.79 Å². The van der Waals surface area contributed by atoms with Crippen molar-refractivity contribution in [2.24, 2.45) is 11.1 Å². The molecule has 3 nitrogen and oxygen atoms in total. The van der Waals surface area contributed by atoms with Crippen LogP contribution in [0.5, 0.6) is 0 Å². The number of hydrogen-bond donors (Lipinski definition) is 1. The van der Waals surface area contributed by atoms with Gasteiger partial charge in [0.2, 0.25) is 0 Å². The summed E-state index contributed by atoms with van der Waals surface area (Å²) in [6, 6.07) is 0. The molecule has 15 heavy (non-hydrogen) atoms. The van der Waals surface area contributed by atoms with E-state index in [4.69, 9.17) is 10.5 Å². The van der Waals surface area contributed by atoms with Crippen LogP contribution >= 0.6 is 0 Å². The van der Waals surface area contributed by atoms with Crippen LogP contribution in [-0.4, -0.2) is 6.09 Å². The van der Waals surface area contributed by atoms with Crippen molar-refractivity contribution in [2.45, 2.75) is 53.4 Å². The lowest BCUT2D eigenvalue weighted by molar-refractivity contribution is 0.184. The van der Waals surface area contributed by atoms with E-state index in [0.29, 0.717) is 17.6 Å². The maximum Gasteiger partial charge on any atom is 0.409 e. The van der Waals surface area contributed by atoms with Gasteiger partial charge in [0.1, 0.15) is 5.76 Å². The Labute approximate surface area is 92.7 Å². The Morgan fingerprint density at radius 1 is 1.40 bits per heavy atom. The van der Waals surface area contributed by atoms with Crippen LogP contribution in [0, 0.1) is 5.41 Å². The lowest BCUT2D eigenvalue weighted by atomic mass is 9.90. The Morgan fingerprint density at radius 3 is 2.40 bits per heavy atom. The number of unbranched alkanes of at least 4 members (excludes halogenated alkanes) is 1. The third-order valence-corrected chi connectivity index (χ3v) is 2.08. The first-order chi connectivity index (χ1) is 6.85. The molecule has 1 amide bonds. The Hall–Kier alpha value is -0.990. The van der Waals surface area contributed by atoms with E-state index in [1.807, 2.05) is 13.0 Å². The van der Waals surface area contributed by atoms with E-state index in [1.54, 1.807) is 0 Å². The molecule has 0 aromatic heterocycles. The predicted octanol–water partition coefficient (Wildman–Crippen LogP) is 3.59. The second-order valence-electron chi connectivity index (χ2n) is 4.90. The standard InChI is InChI=1S/C12H23NO2/c1-5-10(15-11(13)14)8-6-7-9-12(2,3)4/h8H,5-7,9H2,1-4H3,(H2,13,14). The maximum atomic E-state index is 10.5. The number of carbonyl (C=O) groups excluding carboxylic acids is 1. The van der Waals surface area contributed by atoms with Gasteiger partial charge < -0.3 is 10.5 Å². The lowest BCUT2D eigenvalue weighted by Crippen LogP contribution is -2.12. The summed E-state index contributed by atoms with van der Waals surface area (Å²) in [5, 5.41) is 0. The zero-order valence-corrected chi connectivity index (χ0v) is 10.3. The van der Waals surface area contributed by atoms with Crippen molar-refractivity contribution >= 4 is 6.09 Å². The molecule has 0 saturated carbocycles. The van der Waals surface area contributed by atoms with Crippen LogP contribution < -0.4 is 5.73 Å². The second kappa shape index (κ2) is 6.49. The molecule has 0 spiro atoms. The molecule has 0 atom stereocenters. The zero-order chi connectivity index (χ0) is 11.9. The number of allylic oxidation sites excluding steroid dienone is 2. The fraction of sp³-hybridized carbons (Fsp3) is 0.750. The molecule has 0 aliphatic carbocycles. The summed E-state index contributed by atoms with van der Waals surface area (Å²) in [7, 11) is 0. The number of hydrogen-bond acceptors (Lipinski definition) is 2. The van der Waals surface area contributed by atoms with E-state index in [2.05, 4.69) is 20.8 Å². The van der Waals surface area contributed by atoms with Crippen molar-refractivity contribution in [1.82, 2.24) is 0 Å². The number of rotatable bonds is 5. The third kappa shape index (κ3) is 9.32. The summed E-state index contributed by atoms with van der Waals surface area (Å²) in [4.78, 5) is 10.5. The molecule has 0 rings (SSSR count). The van der Waals surface area contributed by atoms with Gasteiger partial charge in [-0.3, -0.25) is 0 Å².